The van der Waals surface area contributed by atoms with E-state index in [1.54, 1.807) is 24.3 Å². The molecule has 1 aliphatic carbocycles. The highest BCUT2D eigenvalue weighted by Crippen LogP contribution is 2.17. The molecule has 0 bridgehead atoms. The Bertz CT molecular complexity index is 372. The summed E-state index contributed by atoms with van der Waals surface area (Å²) >= 11 is 0. The van der Waals surface area contributed by atoms with Gasteiger partial charge in [0.2, 0.25) is 0 Å². The molecule has 1 aromatic carbocycles. The Balaban J connectivity index is 0.00000162. The van der Waals surface area contributed by atoms with Crippen molar-refractivity contribution in [1.82, 2.24) is 5.32 Å². The number of rotatable bonds is 4. The maximum Gasteiger partial charge on any atom is 0.176 e. The van der Waals surface area contributed by atoms with Crippen molar-refractivity contribution in [2.24, 2.45) is 0 Å². The lowest BCUT2D eigenvalue weighted by Crippen LogP contribution is -2.35. The van der Waals surface area contributed by atoms with E-state index < -0.39 is 0 Å². The topological polar surface area (TPSA) is 49.3 Å². The van der Waals surface area contributed by atoms with E-state index in [1.165, 1.54) is 32.1 Å². The maximum atomic E-state index is 11.9. The summed E-state index contributed by atoms with van der Waals surface area (Å²) in [5, 5.41) is 12.5. The Kier molecular flexibility index (Phi) is 6.16. The summed E-state index contributed by atoms with van der Waals surface area (Å²) in [7, 11) is 0. The van der Waals surface area contributed by atoms with Gasteiger partial charge in [-0.2, -0.15) is 0 Å². The van der Waals surface area contributed by atoms with Gasteiger partial charge in [-0.15, -0.1) is 12.4 Å². The number of Topliss-reactive ketones (excluding diaryl/α,β-unsaturated/α-hetero) is 1. The van der Waals surface area contributed by atoms with Gasteiger partial charge >= 0.3 is 0 Å². The van der Waals surface area contributed by atoms with Crippen LogP contribution in [-0.2, 0) is 0 Å². The second-order valence-electron chi connectivity index (χ2n) is 4.69. The number of phenolic OH excluding ortho intramolecular Hbond substituents is 1. The van der Waals surface area contributed by atoms with E-state index in [-0.39, 0.29) is 23.9 Å². The first-order valence-electron chi connectivity index (χ1n) is 6.31. The standard InChI is InChI=1S/C14H19NO2.ClH/c16-13-8-6-11(7-9-13)14(17)10-15-12-4-2-1-3-5-12;/h6-9,12,15-16H,1-5,10H2;1H. The number of hydrogen-bond donors (Lipinski definition) is 2. The quantitative estimate of drug-likeness (QED) is 0.827. The second-order valence-corrected chi connectivity index (χ2v) is 4.69. The molecule has 2 N–H and O–H groups in total. The Labute approximate surface area is 114 Å². The van der Waals surface area contributed by atoms with Crippen molar-refractivity contribution in [2.75, 3.05) is 6.54 Å². The molecule has 4 heteroatoms. The van der Waals surface area contributed by atoms with E-state index in [0.717, 1.165) is 0 Å². The monoisotopic (exact) mass is 269 g/mol. The van der Waals surface area contributed by atoms with Crippen LogP contribution >= 0.6 is 12.4 Å². The van der Waals surface area contributed by atoms with Crippen LogP contribution in [0.5, 0.6) is 5.75 Å². The number of nitrogens with one attached hydrogen (secondary N) is 1. The summed E-state index contributed by atoms with van der Waals surface area (Å²) in [5.41, 5.74) is 0.658. The third-order valence-corrected chi connectivity index (χ3v) is 3.35. The molecule has 1 fully saturated rings. The number of benzene rings is 1. The highest BCUT2D eigenvalue weighted by atomic mass is 35.5. The van der Waals surface area contributed by atoms with Crippen LogP contribution in [0.1, 0.15) is 42.5 Å². The van der Waals surface area contributed by atoms with Crippen molar-refractivity contribution >= 4 is 18.2 Å². The number of ketones is 1. The predicted molar refractivity (Wildman–Crippen MR) is 74.6 cm³/mol. The zero-order valence-corrected chi connectivity index (χ0v) is 11.2. The van der Waals surface area contributed by atoms with Gasteiger partial charge in [0.1, 0.15) is 5.75 Å². The molecule has 0 saturated heterocycles. The number of phenols is 1. The first-order chi connectivity index (χ1) is 8.25. The fourth-order valence-corrected chi connectivity index (χ4v) is 2.29. The van der Waals surface area contributed by atoms with Crippen molar-refractivity contribution in [3.8, 4) is 5.75 Å². The summed E-state index contributed by atoms with van der Waals surface area (Å²) in [6, 6.07) is 6.94. The molecule has 1 saturated carbocycles. The molecule has 3 nitrogen and oxygen atoms in total. The van der Waals surface area contributed by atoms with Gasteiger partial charge in [-0.05, 0) is 37.1 Å². The molecule has 0 amide bonds. The lowest BCUT2D eigenvalue weighted by Gasteiger charge is -2.22. The summed E-state index contributed by atoms with van der Waals surface area (Å²) in [4.78, 5) is 11.9. The van der Waals surface area contributed by atoms with Crippen LogP contribution in [0.25, 0.3) is 0 Å². The van der Waals surface area contributed by atoms with E-state index >= 15 is 0 Å². The number of hydrogen-bond acceptors (Lipinski definition) is 3. The fraction of sp³-hybridized carbons (Fsp3) is 0.500. The highest BCUT2D eigenvalue weighted by molar-refractivity contribution is 5.97. The molecule has 0 radical (unpaired) electrons. The third-order valence-electron chi connectivity index (χ3n) is 3.35. The Morgan fingerprint density at radius 1 is 1.17 bits per heavy atom. The number of carbonyl (C=O) groups excluding carboxylic acids is 1. The average molecular weight is 270 g/mol. The molecule has 18 heavy (non-hydrogen) atoms. The van der Waals surface area contributed by atoms with Gasteiger partial charge < -0.3 is 10.4 Å². The van der Waals surface area contributed by atoms with E-state index in [4.69, 9.17) is 5.11 Å². The van der Waals surface area contributed by atoms with E-state index in [2.05, 4.69) is 5.32 Å². The SMILES string of the molecule is Cl.O=C(CNC1CCCCC1)c1ccc(O)cc1. The average Bonchev–Trinajstić information content (AvgIpc) is 2.38. The van der Waals surface area contributed by atoms with Gasteiger partial charge in [0.05, 0.1) is 6.54 Å². The van der Waals surface area contributed by atoms with Gasteiger partial charge in [-0.3, -0.25) is 4.79 Å². The predicted octanol–water partition coefficient (Wildman–Crippen LogP) is 2.92. The zero-order chi connectivity index (χ0) is 12.1. The summed E-state index contributed by atoms with van der Waals surface area (Å²) in [5.74, 6) is 0.289. The maximum absolute atomic E-state index is 11.9. The molecule has 100 valence electrons. The van der Waals surface area contributed by atoms with E-state index in [1.807, 2.05) is 0 Å². The van der Waals surface area contributed by atoms with Gasteiger partial charge in [-0.25, -0.2) is 0 Å². The lowest BCUT2D eigenvalue weighted by molar-refractivity contribution is 0.0985. The van der Waals surface area contributed by atoms with Gasteiger partial charge in [0.15, 0.2) is 5.78 Å². The minimum atomic E-state index is 0. The summed E-state index contributed by atoms with van der Waals surface area (Å²) < 4.78 is 0. The van der Waals surface area contributed by atoms with Crippen LogP contribution in [0, 0.1) is 0 Å². The van der Waals surface area contributed by atoms with Gasteiger partial charge in [0.25, 0.3) is 0 Å². The minimum absolute atomic E-state index is 0. The third kappa shape index (κ3) is 4.31. The first kappa shape index (κ1) is 15.0. The van der Waals surface area contributed by atoms with Crippen LogP contribution in [0.2, 0.25) is 0 Å². The van der Waals surface area contributed by atoms with Crippen molar-refractivity contribution in [2.45, 2.75) is 38.1 Å². The van der Waals surface area contributed by atoms with Crippen LogP contribution < -0.4 is 5.32 Å². The van der Waals surface area contributed by atoms with Gasteiger partial charge in [0, 0.05) is 11.6 Å². The summed E-state index contributed by atoms with van der Waals surface area (Å²) in [6.45, 7) is 0.398. The van der Waals surface area contributed by atoms with E-state index in [0.29, 0.717) is 18.2 Å². The molecule has 0 spiro atoms. The largest absolute Gasteiger partial charge is 0.508 e. The summed E-state index contributed by atoms with van der Waals surface area (Å²) in [6.07, 6.45) is 6.23. The van der Waals surface area contributed by atoms with Crippen molar-refractivity contribution in [3.05, 3.63) is 29.8 Å². The van der Waals surface area contributed by atoms with Crippen LogP contribution in [-0.4, -0.2) is 23.5 Å². The Morgan fingerprint density at radius 3 is 2.39 bits per heavy atom. The van der Waals surface area contributed by atoms with Crippen molar-refractivity contribution < 1.29 is 9.90 Å². The fourth-order valence-electron chi connectivity index (χ4n) is 2.29. The van der Waals surface area contributed by atoms with Crippen molar-refractivity contribution in [1.29, 1.82) is 0 Å². The molecular formula is C14H20ClNO2. The molecule has 2 rings (SSSR count). The molecular weight excluding hydrogens is 250 g/mol. The Morgan fingerprint density at radius 2 is 1.78 bits per heavy atom. The zero-order valence-electron chi connectivity index (χ0n) is 10.4. The van der Waals surface area contributed by atoms with E-state index in [9.17, 15) is 4.79 Å². The van der Waals surface area contributed by atoms with Crippen LogP contribution in [0.4, 0.5) is 0 Å². The smallest absolute Gasteiger partial charge is 0.176 e. The van der Waals surface area contributed by atoms with Crippen molar-refractivity contribution in [3.63, 3.8) is 0 Å². The lowest BCUT2D eigenvalue weighted by atomic mass is 9.95. The minimum Gasteiger partial charge on any atom is -0.508 e. The van der Waals surface area contributed by atoms with Crippen LogP contribution in [0.3, 0.4) is 0 Å². The molecule has 1 aromatic rings. The molecule has 0 atom stereocenters. The molecule has 0 heterocycles. The highest BCUT2D eigenvalue weighted by Gasteiger charge is 2.14. The molecule has 0 aromatic heterocycles. The number of halogens is 1. The van der Waals surface area contributed by atoms with Gasteiger partial charge in [-0.1, -0.05) is 19.3 Å². The molecule has 1 aliphatic rings. The Hall–Kier alpha value is -1.06. The molecule has 0 aliphatic heterocycles. The van der Waals surface area contributed by atoms with Crippen LogP contribution in [0.15, 0.2) is 24.3 Å². The normalized spacial score (nSPS) is 16.0. The molecule has 0 unspecified atom stereocenters. The number of aromatic hydroxyl groups is 1. The second kappa shape index (κ2) is 7.39. The number of carbonyl (C=O) groups is 1. The first-order valence-corrected chi connectivity index (χ1v) is 6.31.